The van der Waals surface area contributed by atoms with Crippen LogP contribution in [0.1, 0.15) is 39.5 Å². The van der Waals surface area contributed by atoms with Gasteiger partial charge in [-0.1, -0.05) is 23.2 Å². The average Bonchev–Trinajstić information content (AvgIpc) is 3.00. The van der Waals surface area contributed by atoms with Crippen molar-refractivity contribution in [2.45, 2.75) is 68.2 Å². The van der Waals surface area contributed by atoms with E-state index < -0.39 is 15.6 Å². The Labute approximate surface area is 203 Å². The second-order valence-electron chi connectivity index (χ2n) is 9.02. The minimum Gasteiger partial charge on any atom is -0.476 e. The summed E-state index contributed by atoms with van der Waals surface area (Å²) >= 11 is 12.1. The number of amides is 1. The van der Waals surface area contributed by atoms with Gasteiger partial charge in [-0.05, 0) is 69.9 Å². The number of nitrogens with zero attached hydrogens (tertiary/aromatic N) is 2. The minimum atomic E-state index is -3.78. The van der Waals surface area contributed by atoms with Crippen molar-refractivity contribution in [2.24, 2.45) is 5.14 Å². The van der Waals surface area contributed by atoms with Crippen LogP contribution in [0.25, 0.3) is 0 Å². The maximum absolute atomic E-state index is 13.0. The summed E-state index contributed by atoms with van der Waals surface area (Å²) in [6, 6.07) is 8.46. The molecule has 1 aromatic heterocycles. The number of rotatable bonds is 6. The molecule has 2 atom stereocenters. The van der Waals surface area contributed by atoms with Gasteiger partial charge in [0, 0.05) is 29.3 Å². The Morgan fingerprint density at radius 2 is 1.85 bits per heavy atom. The summed E-state index contributed by atoms with van der Waals surface area (Å²) in [5.74, 6) is 0.896. The molecule has 3 N–H and O–H groups in total. The maximum atomic E-state index is 13.0. The van der Waals surface area contributed by atoms with Gasteiger partial charge in [0.2, 0.25) is 10.0 Å². The standard InChI is InChI=1S/C22H26Cl2N4O4S/c1-22(2,32-19-7-3-13(23)9-18(19)24)21(29)27-14-10-15-4-5-16(11-14)28(15)20-8-6-17(12-26-20)33(25,30)31/h3,6-9,12,14-16H,4-5,10-11H2,1-2H3,(H,27,29)(H2,25,30,31). The number of halogens is 2. The molecule has 3 heterocycles. The van der Waals surface area contributed by atoms with Crippen LogP contribution in [0.5, 0.6) is 5.75 Å². The first kappa shape index (κ1) is 24.1. The molecule has 0 radical (unpaired) electrons. The third kappa shape index (κ3) is 5.21. The molecule has 1 aromatic carbocycles. The Bertz CT molecular complexity index is 1140. The molecule has 2 unspecified atom stereocenters. The SMILES string of the molecule is CC(C)(Oc1ccc(Cl)cc1Cl)C(=O)NC1CC2CCC(C1)N2c1ccc(S(N)(=O)=O)cn1. The summed E-state index contributed by atoms with van der Waals surface area (Å²) in [7, 11) is -3.78. The molecule has 2 aliphatic rings. The van der Waals surface area contributed by atoms with Gasteiger partial charge in [-0.2, -0.15) is 0 Å². The molecule has 1 amide bonds. The van der Waals surface area contributed by atoms with E-state index in [1.165, 1.54) is 12.3 Å². The number of piperidine rings is 1. The molecule has 0 aliphatic carbocycles. The van der Waals surface area contributed by atoms with Crippen LogP contribution in [-0.4, -0.2) is 43.0 Å². The second kappa shape index (κ2) is 8.94. The summed E-state index contributed by atoms with van der Waals surface area (Å²) in [4.78, 5) is 19.6. The van der Waals surface area contributed by atoms with Gasteiger partial charge < -0.3 is 15.0 Å². The van der Waals surface area contributed by atoms with Crippen LogP contribution in [0.2, 0.25) is 10.0 Å². The van der Waals surface area contributed by atoms with E-state index in [-0.39, 0.29) is 28.9 Å². The number of nitrogens with two attached hydrogens (primary N) is 1. The molecule has 2 aliphatic heterocycles. The van der Waals surface area contributed by atoms with Crippen LogP contribution in [0.3, 0.4) is 0 Å². The molecule has 2 fully saturated rings. The maximum Gasteiger partial charge on any atom is 0.263 e. The molecular formula is C22H26Cl2N4O4S. The van der Waals surface area contributed by atoms with Crippen LogP contribution < -0.4 is 20.1 Å². The van der Waals surface area contributed by atoms with Gasteiger partial charge in [0.05, 0.1) is 5.02 Å². The van der Waals surface area contributed by atoms with Crippen LogP contribution in [-0.2, 0) is 14.8 Å². The van der Waals surface area contributed by atoms with Gasteiger partial charge in [0.1, 0.15) is 16.5 Å². The predicted molar refractivity (Wildman–Crippen MR) is 127 cm³/mol. The number of hydrogen-bond acceptors (Lipinski definition) is 6. The molecular weight excluding hydrogens is 487 g/mol. The number of fused-ring (bicyclic) bond motifs is 2. The highest BCUT2D eigenvalue weighted by molar-refractivity contribution is 7.89. The molecule has 11 heteroatoms. The summed E-state index contributed by atoms with van der Waals surface area (Å²) in [6.45, 7) is 3.40. The molecule has 2 aromatic rings. The molecule has 4 rings (SSSR count). The van der Waals surface area contributed by atoms with E-state index in [0.29, 0.717) is 15.8 Å². The van der Waals surface area contributed by atoms with E-state index in [2.05, 4.69) is 15.2 Å². The van der Waals surface area contributed by atoms with Crippen LogP contribution in [0, 0.1) is 0 Å². The fraction of sp³-hybridized carbons (Fsp3) is 0.455. The number of benzene rings is 1. The Morgan fingerprint density at radius 3 is 2.39 bits per heavy atom. The smallest absolute Gasteiger partial charge is 0.263 e. The van der Waals surface area contributed by atoms with Crippen molar-refractivity contribution < 1.29 is 17.9 Å². The number of pyridine rings is 1. The summed E-state index contributed by atoms with van der Waals surface area (Å²) in [6.07, 6.45) is 4.78. The Hall–Kier alpha value is -2.07. The van der Waals surface area contributed by atoms with E-state index in [4.69, 9.17) is 33.1 Å². The van der Waals surface area contributed by atoms with Crippen LogP contribution in [0.4, 0.5) is 5.82 Å². The lowest BCUT2D eigenvalue weighted by Crippen LogP contribution is -2.55. The van der Waals surface area contributed by atoms with E-state index >= 15 is 0 Å². The largest absolute Gasteiger partial charge is 0.476 e. The van der Waals surface area contributed by atoms with E-state index in [0.717, 1.165) is 31.5 Å². The summed E-state index contributed by atoms with van der Waals surface area (Å²) in [5.41, 5.74) is -1.13. The number of carbonyl (C=O) groups excluding carboxylic acids is 1. The quantitative estimate of drug-likeness (QED) is 0.611. The molecule has 0 spiro atoms. The lowest BCUT2D eigenvalue weighted by molar-refractivity contribution is -0.135. The highest BCUT2D eigenvalue weighted by Crippen LogP contribution is 2.39. The number of sulfonamides is 1. The second-order valence-corrected chi connectivity index (χ2v) is 11.4. The van der Waals surface area contributed by atoms with Crippen molar-refractivity contribution in [1.29, 1.82) is 0 Å². The first-order valence-electron chi connectivity index (χ1n) is 10.7. The van der Waals surface area contributed by atoms with Crippen molar-refractivity contribution in [3.8, 4) is 5.75 Å². The number of aromatic nitrogens is 1. The van der Waals surface area contributed by atoms with Gasteiger partial charge in [-0.3, -0.25) is 4.79 Å². The predicted octanol–water partition coefficient (Wildman–Crippen LogP) is 3.51. The average molecular weight is 513 g/mol. The lowest BCUT2D eigenvalue weighted by Gasteiger charge is -2.40. The number of nitrogens with one attached hydrogen (secondary N) is 1. The minimum absolute atomic E-state index is 0.00138. The number of primary sulfonamides is 1. The monoisotopic (exact) mass is 512 g/mol. The van der Waals surface area contributed by atoms with Crippen LogP contribution in [0.15, 0.2) is 41.4 Å². The van der Waals surface area contributed by atoms with Crippen molar-refractivity contribution in [1.82, 2.24) is 10.3 Å². The highest BCUT2D eigenvalue weighted by Gasteiger charge is 2.43. The molecule has 178 valence electrons. The Kier molecular flexibility index (Phi) is 6.52. The van der Waals surface area contributed by atoms with E-state index in [1.54, 1.807) is 38.1 Å². The van der Waals surface area contributed by atoms with Crippen molar-refractivity contribution in [3.05, 3.63) is 46.6 Å². The molecule has 8 nitrogen and oxygen atoms in total. The zero-order valence-electron chi connectivity index (χ0n) is 18.3. The molecule has 0 saturated carbocycles. The molecule has 2 bridgehead atoms. The normalized spacial score (nSPS) is 22.8. The Morgan fingerprint density at radius 1 is 1.18 bits per heavy atom. The zero-order chi connectivity index (χ0) is 24.0. The van der Waals surface area contributed by atoms with Crippen LogP contribution >= 0.6 is 23.2 Å². The molecule has 2 saturated heterocycles. The number of ether oxygens (including phenoxy) is 1. The van der Waals surface area contributed by atoms with Gasteiger partial charge in [-0.25, -0.2) is 18.5 Å². The molecule has 33 heavy (non-hydrogen) atoms. The zero-order valence-corrected chi connectivity index (χ0v) is 20.6. The third-order valence-electron chi connectivity index (χ3n) is 6.19. The van der Waals surface area contributed by atoms with Gasteiger partial charge in [0.15, 0.2) is 5.60 Å². The van der Waals surface area contributed by atoms with Crippen molar-refractivity contribution in [2.75, 3.05) is 4.90 Å². The van der Waals surface area contributed by atoms with Gasteiger partial charge in [0.25, 0.3) is 5.91 Å². The van der Waals surface area contributed by atoms with E-state index in [1.807, 2.05) is 0 Å². The first-order chi connectivity index (χ1) is 15.4. The van der Waals surface area contributed by atoms with Crippen molar-refractivity contribution >= 4 is 45.0 Å². The number of anilines is 1. The van der Waals surface area contributed by atoms with Gasteiger partial charge >= 0.3 is 0 Å². The first-order valence-corrected chi connectivity index (χ1v) is 13.0. The summed E-state index contributed by atoms with van der Waals surface area (Å²) in [5, 5.41) is 9.14. The fourth-order valence-electron chi connectivity index (χ4n) is 4.60. The van der Waals surface area contributed by atoms with Gasteiger partial charge in [-0.15, -0.1) is 0 Å². The van der Waals surface area contributed by atoms with E-state index in [9.17, 15) is 13.2 Å². The number of hydrogen-bond donors (Lipinski definition) is 2. The third-order valence-corrected chi connectivity index (χ3v) is 7.62. The number of carbonyl (C=O) groups is 1. The van der Waals surface area contributed by atoms with Crippen molar-refractivity contribution in [3.63, 3.8) is 0 Å². The topological polar surface area (TPSA) is 115 Å². The lowest BCUT2D eigenvalue weighted by atomic mass is 9.96. The highest BCUT2D eigenvalue weighted by atomic mass is 35.5. The fourth-order valence-corrected chi connectivity index (χ4v) is 5.51. The summed E-state index contributed by atoms with van der Waals surface area (Å²) < 4.78 is 28.9. The Balaban J connectivity index is 1.41.